The first-order valence-electron chi connectivity index (χ1n) is 7.67. The monoisotopic (exact) mass is 320 g/mol. The van der Waals surface area contributed by atoms with Gasteiger partial charge in [-0.05, 0) is 37.0 Å². The van der Waals surface area contributed by atoms with Gasteiger partial charge in [-0.25, -0.2) is 9.59 Å². The third-order valence-corrected chi connectivity index (χ3v) is 3.67. The molecule has 1 saturated heterocycles. The standard InChI is InChI=1S/C13H20N2.C4H4O4/c1-2-11-5-3-6-12(9-11)15-8-4-7-13(15)10-14;5-3(6)1-2-4(7)8/h3,5-6,9,13H,2,4,7-8,10,14H2,1H3;1-2H,(H,5,6)(H,7,8). The Morgan fingerprint density at radius 3 is 2.48 bits per heavy atom. The molecule has 1 unspecified atom stereocenters. The molecule has 1 fully saturated rings. The molecule has 0 aromatic heterocycles. The number of nitrogens with two attached hydrogens (primary N) is 1. The molecule has 6 nitrogen and oxygen atoms in total. The summed E-state index contributed by atoms with van der Waals surface area (Å²) in [5.74, 6) is -2.51. The predicted octanol–water partition coefficient (Wildman–Crippen LogP) is 1.89. The van der Waals surface area contributed by atoms with Gasteiger partial charge >= 0.3 is 11.9 Å². The lowest BCUT2D eigenvalue weighted by Crippen LogP contribution is -2.35. The van der Waals surface area contributed by atoms with Crippen LogP contribution >= 0.6 is 0 Å². The number of carboxylic acids is 2. The van der Waals surface area contributed by atoms with Gasteiger partial charge in [-0.3, -0.25) is 0 Å². The molecule has 0 spiro atoms. The molecule has 6 heteroatoms. The molecular formula is C17H24N2O4. The van der Waals surface area contributed by atoms with E-state index >= 15 is 0 Å². The summed E-state index contributed by atoms with van der Waals surface area (Å²) in [6.07, 6.45) is 4.74. The first kappa shape index (κ1) is 18.7. The van der Waals surface area contributed by atoms with Crippen LogP contribution in [0, 0.1) is 0 Å². The van der Waals surface area contributed by atoms with Gasteiger partial charge in [-0.2, -0.15) is 0 Å². The van der Waals surface area contributed by atoms with E-state index in [0.717, 1.165) is 19.5 Å². The highest BCUT2D eigenvalue weighted by Crippen LogP contribution is 2.25. The summed E-state index contributed by atoms with van der Waals surface area (Å²) < 4.78 is 0. The molecule has 0 radical (unpaired) electrons. The van der Waals surface area contributed by atoms with Gasteiger partial charge in [0.25, 0.3) is 0 Å². The van der Waals surface area contributed by atoms with Crippen molar-refractivity contribution >= 4 is 17.6 Å². The topological polar surface area (TPSA) is 104 Å². The summed E-state index contributed by atoms with van der Waals surface area (Å²) in [4.78, 5) is 21.6. The Morgan fingerprint density at radius 1 is 1.30 bits per heavy atom. The number of nitrogens with zero attached hydrogens (tertiary/aromatic N) is 1. The molecule has 1 aliphatic heterocycles. The van der Waals surface area contributed by atoms with Gasteiger partial charge in [0.1, 0.15) is 0 Å². The zero-order valence-corrected chi connectivity index (χ0v) is 13.3. The molecule has 0 bridgehead atoms. The summed E-state index contributed by atoms with van der Waals surface area (Å²) >= 11 is 0. The highest BCUT2D eigenvalue weighted by Gasteiger charge is 2.23. The van der Waals surface area contributed by atoms with Gasteiger partial charge in [-0.15, -0.1) is 0 Å². The highest BCUT2D eigenvalue weighted by molar-refractivity contribution is 5.89. The van der Waals surface area contributed by atoms with E-state index in [2.05, 4.69) is 36.1 Å². The van der Waals surface area contributed by atoms with Crippen LogP contribution in [0.1, 0.15) is 25.3 Å². The van der Waals surface area contributed by atoms with Crippen molar-refractivity contribution in [1.29, 1.82) is 0 Å². The van der Waals surface area contributed by atoms with E-state index in [0.29, 0.717) is 18.2 Å². The first-order chi connectivity index (χ1) is 11.0. The molecule has 1 heterocycles. The smallest absolute Gasteiger partial charge is 0.328 e. The van der Waals surface area contributed by atoms with Crippen molar-refractivity contribution in [3.63, 3.8) is 0 Å². The largest absolute Gasteiger partial charge is 0.478 e. The third kappa shape index (κ3) is 6.52. The van der Waals surface area contributed by atoms with Crippen LogP contribution in [0.3, 0.4) is 0 Å². The maximum Gasteiger partial charge on any atom is 0.328 e. The minimum Gasteiger partial charge on any atom is -0.478 e. The van der Waals surface area contributed by atoms with Crippen molar-refractivity contribution in [1.82, 2.24) is 0 Å². The normalized spacial score (nSPS) is 17.0. The Hall–Kier alpha value is -2.34. The van der Waals surface area contributed by atoms with Crippen LogP contribution in [-0.4, -0.2) is 41.3 Å². The van der Waals surface area contributed by atoms with Crippen molar-refractivity contribution in [2.45, 2.75) is 32.2 Å². The van der Waals surface area contributed by atoms with E-state index in [1.54, 1.807) is 0 Å². The molecule has 1 atom stereocenters. The molecule has 23 heavy (non-hydrogen) atoms. The quantitative estimate of drug-likeness (QED) is 0.716. The van der Waals surface area contributed by atoms with E-state index < -0.39 is 11.9 Å². The van der Waals surface area contributed by atoms with Crippen molar-refractivity contribution in [3.05, 3.63) is 42.0 Å². The summed E-state index contributed by atoms with van der Waals surface area (Å²) in [7, 11) is 0. The lowest BCUT2D eigenvalue weighted by Gasteiger charge is -2.26. The molecule has 0 saturated carbocycles. The molecule has 1 aromatic carbocycles. The van der Waals surface area contributed by atoms with Gasteiger partial charge in [0.15, 0.2) is 0 Å². The van der Waals surface area contributed by atoms with E-state index in [4.69, 9.17) is 15.9 Å². The molecular weight excluding hydrogens is 296 g/mol. The fraction of sp³-hybridized carbons (Fsp3) is 0.412. The third-order valence-electron chi connectivity index (χ3n) is 3.67. The van der Waals surface area contributed by atoms with Crippen LogP contribution in [0.4, 0.5) is 5.69 Å². The summed E-state index contributed by atoms with van der Waals surface area (Å²) in [6.45, 7) is 4.13. The Balaban J connectivity index is 0.000000284. The Morgan fingerprint density at radius 2 is 1.96 bits per heavy atom. The molecule has 4 N–H and O–H groups in total. The number of rotatable bonds is 5. The van der Waals surface area contributed by atoms with Gasteiger partial charge < -0.3 is 20.8 Å². The molecule has 1 aliphatic rings. The number of carboxylic acid groups (broad SMARTS) is 2. The van der Waals surface area contributed by atoms with Crippen LogP contribution < -0.4 is 10.6 Å². The van der Waals surface area contributed by atoms with Crippen LogP contribution in [0.15, 0.2) is 36.4 Å². The fourth-order valence-corrected chi connectivity index (χ4v) is 2.52. The van der Waals surface area contributed by atoms with E-state index in [-0.39, 0.29) is 0 Å². The number of benzene rings is 1. The number of aryl methyl sites for hydroxylation is 1. The fourth-order valence-electron chi connectivity index (χ4n) is 2.52. The average molecular weight is 320 g/mol. The maximum atomic E-state index is 9.55. The molecule has 0 amide bonds. The number of anilines is 1. The predicted molar refractivity (Wildman–Crippen MR) is 89.7 cm³/mol. The number of hydrogen-bond donors (Lipinski definition) is 3. The van der Waals surface area contributed by atoms with Crippen LogP contribution in [0.2, 0.25) is 0 Å². The van der Waals surface area contributed by atoms with Crippen LogP contribution in [0.5, 0.6) is 0 Å². The second kappa shape index (κ2) is 9.63. The van der Waals surface area contributed by atoms with Crippen LogP contribution in [-0.2, 0) is 16.0 Å². The second-order valence-corrected chi connectivity index (χ2v) is 5.26. The highest BCUT2D eigenvalue weighted by atomic mass is 16.4. The van der Waals surface area contributed by atoms with E-state index in [1.807, 2.05) is 0 Å². The lowest BCUT2D eigenvalue weighted by molar-refractivity contribution is -0.134. The Labute approximate surface area is 136 Å². The van der Waals surface area contributed by atoms with Crippen molar-refractivity contribution in [2.75, 3.05) is 18.0 Å². The lowest BCUT2D eigenvalue weighted by atomic mass is 10.1. The molecule has 1 aromatic rings. The van der Waals surface area contributed by atoms with Gasteiger partial charge in [-0.1, -0.05) is 19.1 Å². The number of carbonyl (C=O) groups is 2. The van der Waals surface area contributed by atoms with Gasteiger partial charge in [0.2, 0.25) is 0 Å². The average Bonchev–Trinajstić information content (AvgIpc) is 3.02. The van der Waals surface area contributed by atoms with Gasteiger partial charge in [0.05, 0.1) is 0 Å². The Bertz CT molecular complexity index is 541. The minimum absolute atomic E-state index is 0.553. The van der Waals surface area contributed by atoms with Crippen LogP contribution in [0.25, 0.3) is 0 Å². The summed E-state index contributed by atoms with van der Waals surface area (Å²) in [5, 5.41) is 15.6. The van der Waals surface area contributed by atoms with Crippen molar-refractivity contribution in [2.24, 2.45) is 5.73 Å². The number of aliphatic carboxylic acids is 2. The summed E-state index contributed by atoms with van der Waals surface area (Å²) in [6, 6.07) is 9.40. The Kier molecular flexibility index (Phi) is 7.83. The molecule has 2 rings (SSSR count). The van der Waals surface area contributed by atoms with Crippen molar-refractivity contribution < 1.29 is 19.8 Å². The number of hydrogen-bond acceptors (Lipinski definition) is 4. The zero-order chi connectivity index (χ0) is 17.2. The van der Waals surface area contributed by atoms with Crippen molar-refractivity contribution in [3.8, 4) is 0 Å². The minimum atomic E-state index is -1.26. The first-order valence-corrected chi connectivity index (χ1v) is 7.67. The molecule has 126 valence electrons. The summed E-state index contributed by atoms with van der Waals surface area (Å²) in [5.41, 5.74) is 8.55. The zero-order valence-electron chi connectivity index (χ0n) is 13.3. The molecule has 0 aliphatic carbocycles. The van der Waals surface area contributed by atoms with E-state index in [9.17, 15) is 9.59 Å². The van der Waals surface area contributed by atoms with Gasteiger partial charge in [0, 0.05) is 37.0 Å². The maximum absolute atomic E-state index is 9.55. The second-order valence-electron chi connectivity index (χ2n) is 5.26. The van der Waals surface area contributed by atoms with E-state index in [1.165, 1.54) is 24.1 Å². The SMILES string of the molecule is CCc1cccc(N2CCCC2CN)c1.O=C(O)C=CC(=O)O.